The highest BCUT2D eigenvalue weighted by molar-refractivity contribution is 5.54. The topological polar surface area (TPSA) is 49.8 Å². The summed E-state index contributed by atoms with van der Waals surface area (Å²) in [6.45, 7) is 0. The Morgan fingerprint density at radius 3 is 2.50 bits per heavy atom. The molecule has 0 saturated carbocycles. The molecule has 2 N–H and O–H groups in total. The molecule has 22 heavy (non-hydrogen) atoms. The van der Waals surface area contributed by atoms with Crippen molar-refractivity contribution in [2.24, 2.45) is 0 Å². The second kappa shape index (κ2) is 6.72. The van der Waals surface area contributed by atoms with Gasteiger partial charge in [-0.15, -0.1) is 0 Å². The van der Waals surface area contributed by atoms with Gasteiger partial charge in [0.05, 0.1) is 5.69 Å². The molecule has 4 nitrogen and oxygen atoms in total. The number of anilines is 3. The quantitative estimate of drug-likeness (QED) is 0.749. The standard InChI is InChI=1S/C18H18N4/c1-19-17-10-6-5-7-14(17)13-16-11-12-20-18(22-16)21-15-8-3-2-4-9-15/h2-12,19H,13H2,1H3,(H,20,21,22). The summed E-state index contributed by atoms with van der Waals surface area (Å²) in [6.07, 6.45) is 2.55. The van der Waals surface area contributed by atoms with Gasteiger partial charge in [0.2, 0.25) is 5.95 Å². The van der Waals surface area contributed by atoms with E-state index >= 15 is 0 Å². The van der Waals surface area contributed by atoms with Crippen molar-refractivity contribution >= 4 is 17.3 Å². The van der Waals surface area contributed by atoms with Crippen molar-refractivity contribution in [3.8, 4) is 0 Å². The van der Waals surface area contributed by atoms with Gasteiger partial charge in [0.1, 0.15) is 0 Å². The van der Waals surface area contributed by atoms with E-state index in [1.807, 2.05) is 55.6 Å². The van der Waals surface area contributed by atoms with Crippen molar-refractivity contribution in [2.45, 2.75) is 6.42 Å². The van der Waals surface area contributed by atoms with Crippen LogP contribution in [0, 0.1) is 0 Å². The van der Waals surface area contributed by atoms with Crippen LogP contribution in [0.1, 0.15) is 11.3 Å². The normalized spacial score (nSPS) is 10.2. The van der Waals surface area contributed by atoms with Crippen molar-refractivity contribution in [3.05, 3.63) is 78.1 Å². The lowest BCUT2D eigenvalue weighted by Crippen LogP contribution is -2.02. The number of hydrogen-bond donors (Lipinski definition) is 2. The number of nitrogens with one attached hydrogen (secondary N) is 2. The first-order chi connectivity index (χ1) is 10.8. The molecule has 0 spiro atoms. The summed E-state index contributed by atoms with van der Waals surface area (Å²) in [7, 11) is 1.93. The van der Waals surface area contributed by atoms with Gasteiger partial charge in [-0.3, -0.25) is 0 Å². The van der Waals surface area contributed by atoms with Crippen LogP contribution in [0.3, 0.4) is 0 Å². The Balaban J connectivity index is 1.79. The summed E-state index contributed by atoms with van der Waals surface area (Å²) >= 11 is 0. The van der Waals surface area contributed by atoms with E-state index in [0.717, 1.165) is 23.5 Å². The summed E-state index contributed by atoms with van der Waals surface area (Å²) in [6, 6.07) is 20.1. The Morgan fingerprint density at radius 2 is 1.68 bits per heavy atom. The SMILES string of the molecule is CNc1ccccc1Cc1ccnc(Nc2ccccc2)n1. The van der Waals surface area contributed by atoms with Gasteiger partial charge in [0, 0.05) is 31.0 Å². The van der Waals surface area contributed by atoms with Gasteiger partial charge in [-0.1, -0.05) is 36.4 Å². The smallest absolute Gasteiger partial charge is 0.227 e. The first-order valence-corrected chi connectivity index (χ1v) is 7.25. The van der Waals surface area contributed by atoms with Crippen LogP contribution in [-0.4, -0.2) is 17.0 Å². The number of nitrogens with zero attached hydrogens (tertiary/aromatic N) is 2. The molecule has 3 rings (SSSR count). The molecular formula is C18H18N4. The average molecular weight is 290 g/mol. The second-order valence-electron chi connectivity index (χ2n) is 4.95. The van der Waals surface area contributed by atoms with Crippen LogP contribution in [0.5, 0.6) is 0 Å². The molecule has 0 amide bonds. The van der Waals surface area contributed by atoms with E-state index in [9.17, 15) is 0 Å². The predicted octanol–water partition coefficient (Wildman–Crippen LogP) is 3.85. The van der Waals surface area contributed by atoms with Crippen molar-refractivity contribution in [3.63, 3.8) is 0 Å². The lowest BCUT2D eigenvalue weighted by Gasteiger charge is -2.09. The van der Waals surface area contributed by atoms with Crippen molar-refractivity contribution in [2.75, 3.05) is 17.7 Å². The number of rotatable bonds is 5. The van der Waals surface area contributed by atoms with Gasteiger partial charge in [-0.2, -0.15) is 0 Å². The molecule has 4 heteroatoms. The molecule has 0 aliphatic heterocycles. The highest BCUT2D eigenvalue weighted by Gasteiger charge is 2.04. The van der Waals surface area contributed by atoms with Crippen LogP contribution >= 0.6 is 0 Å². The van der Waals surface area contributed by atoms with Gasteiger partial charge in [0.15, 0.2) is 0 Å². The highest BCUT2D eigenvalue weighted by Crippen LogP contribution is 2.18. The van der Waals surface area contributed by atoms with Crippen LogP contribution < -0.4 is 10.6 Å². The summed E-state index contributed by atoms with van der Waals surface area (Å²) in [4.78, 5) is 8.87. The lowest BCUT2D eigenvalue weighted by molar-refractivity contribution is 1.03. The Labute approximate surface area is 130 Å². The molecule has 110 valence electrons. The summed E-state index contributed by atoms with van der Waals surface area (Å²) in [5.74, 6) is 0.616. The monoisotopic (exact) mass is 290 g/mol. The molecule has 0 saturated heterocycles. The van der Waals surface area contributed by atoms with Crippen LogP contribution in [0.15, 0.2) is 66.9 Å². The van der Waals surface area contributed by atoms with E-state index in [-0.39, 0.29) is 0 Å². The third kappa shape index (κ3) is 3.41. The molecule has 0 atom stereocenters. The first-order valence-electron chi connectivity index (χ1n) is 7.25. The van der Waals surface area contributed by atoms with E-state index in [2.05, 4.69) is 32.7 Å². The molecule has 0 unspecified atom stereocenters. The fourth-order valence-corrected chi connectivity index (χ4v) is 2.32. The molecule has 0 aliphatic rings. The van der Waals surface area contributed by atoms with Gasteiger partial charge in [-0.25, -0.2) is 9.97 Å². The summed E-state index contributed by atoms with van der Waals surface area (Å²) in [5, 5.41) is 6.43. The van der Waals surface area contributed by atoms with Crippen LogP contribution in [0.2, 0.25) is 0 Å². The molecule has 0 aliphatic carbocycles. The maximum Gasteiger partial charge on any atom is 0.227 e. The average Bonchev–Trinajstić information content (AvgIpc) is 2.57. The minimum absolute atomic E-state index is 0.616. The zero-order valence-corrected chi connectivity index (χ0v) is 12.5. The van der Waals surface area contributed by atoms with Crippen LogP contribution in [0.25, 0.3) is 0 Å². The maximum absolute atomic E-state index is 4.59. The fourth-order valence-electron chi connectivity index (χ4n) is 2.32. The largest absolute Gasteiger partial charge is 0.388 e. The predicted molar refractivity (Wildman–Crippen MR) is 90.6 cm³/mol. The maximum atomic E-state index is 4.59. The van der Waals surface area contributed by atoms with Crippen LogP contribution in [0.4, 0.5) is 17.3 Å². The third-order valence-electron chi connectivity index (χ3n) is 3.40. The van der Waals surface area contributed by atoms with Gasteiger partial charge in [0.25, 0.3) is 0 Å². The van der Waals surface area contributed by atoms with Crippen molar-refractivity contribution < 1.29 is 0 Å². The van der Waals surface area contributed by atoms with Crippen LogP contribution in [-0.2, 0) is 6.42 Å². The Kier molecular flexibility index (Phi) is 4.30. The highest BCUT2D eigenvalue weighted by atomic mass is 15.1. The van der Waals surface area contributed by atoms with E-state index < -0.39 is 0 Å². The van der Waals surface area contributed by atoms with E-state index in [0.29, 0.717) is 5.95 Å². The molecule has 0 fully saturated rings. The van der Waals surface area contributed by atoms with E-state index in [1.54, 1.807) is 6.20 Å². The summed E-state index contributed by atoms with van der Waals surface area (Å²) in [5.41, 5.74) is 4.31. The second-order valence-corrected chi connectivity index (χ2v) is 4.95. The third-order valence-corrected chi connectivity index (χ3v) is 3.40. The molecule has 1 aromatic heterocycles. The zero-order valence-electron chi connectivity index (χ0n) is 12.5. The molecular weight excluding hydrogens is 272 g/mol. The molecule has 1 heterocycles. The van der Waals surface area contributed by atoms with Crippen molar-refractivity contribution in [1.82, 2.24) is 9.97 Å². The number of hydrogen-bond acceptors (Lipinski definition) is 4. The number of aromatic nitrogens is 2. The molecule has 3 aromatic rings. The van der Waals surface area contributed by atoms with Gasteiger partial charge >= 0.3 is 0 Å². The fraction of sp³-hybridized carbons (Fsp3) is 0.111. The lowest BCUT2D eigenvalue weighted by atomic mass is 10.1. The van der Waals surface area contributed by atoms with E-state index in [1.165, 1.54) is 5.56 Å². The molecule has 2 aromatic carbocycles. The van der Waals surface area contributed by atoms with Gasteiger partial charge < -0.3 is 10.6 Å². The Bertz CT molecular complexity index is 741. The molecule has 0 bridgehead atoms. The van der Waals surface area contributed by atoms with Gasteiger partial charge in [-0.05, 0) is 29.8 Å². The van der Waals surface area contributed by atoms with E-state index in [4.69, 9.17) is 0 Å². The minimum Gasteiger partial charge on any atom is -0.388 e. The number of para-hydroxylation sites is 2. The zero-order chi connectivity index (χ0) is 15.2. The Hall–Kier alpha value is -2.88. The Morgan fingerprint density at radius 1 is 0.909 bits per heavy atom. The molecule has 0 radical (unpaired) electrons. The summed E-state index contributed by atoms with van der Waals surface area (Å²) < 4.78 is 0. The minimum atomic E-state index is 0.616. The first kappa shape index (κ1) is 14.1. The number of benzene rings is 2. The van der Waals surface area contributed by atoms with Crippen molar-refractivity contribution in [1.29, 1.82) is 0 Å².